The Kier molecular flexibility index (Phi) is 4.45. The van der Waals surface area contributed by atoms with Crippen LogP contribution in [-0.4, -0.2) is 23.1 Å². The van der Waals surface area contributed by atoms with Crippen molar-refractivity contribution in [2.24, 2.45) is 27.7 Å². The van der Waals surface area contributed by atoms with Gasteiger partial charge in [-0.15, -0.1) is 0 Å². The molecule has 3 atom stereocenters. The quantitative estimate of drug-likeness (QED) is 0.576. The van der Waals surface area contributed by atoms with E-state index < -0.39 is 5.67 Å². The van der Waals surface area contributed by atoms with Crippen molar-refractivity contribution in [1.29, 1.82) is 0 Å². The van der Waals surface area contributed by atoms with Crippen molar-refractivity contribution in [3.63, 3.8) is 0 Å². The van der Waals surface area contributed by atoms with Gasteiger partial charge < -0.3 is 0 Å². The highest BCUT2D eigenvalue weighted by molar-refractivity contribution is 6.07. The Morgan fingerprint density at radius 1 is 1.16 bits per heavy atom. The Morgan fingerprint density at radius 2 is 1.96 bits per heavy atom. The predicted octanol–water partition coefficient (Wildman–Crippen LogP) is 5.84. The zero-order valence-electron chi connectivity index (χ0n) is 15.9. The van der Waals surface area contributed by atoms with Crippen molar-refractivity contribution in [3.05, 3.63) is 23.4 Å². The molecule has 0 spiro atoms. The van der Waals surface area contributed by atoms with Gasteiger partial charge >= 0.3 is 0 Å². The first kappa shape index (κ1) is 17.2. The Hall–Kier alpha value is -1.25. The Labute approximate surface area is 151 Å². The van der Waals surface area contributed by atoms with E-state index in [1.165, 1.54) is 43.4 Å². The fraction of sp³-hybridized carbons (Fsp3) is 0.727. The van der Waals surface area contributed by atoms with Crippen LogP contribution in [0.2, 0.25) is 0 Å². The fourth-order valence-corrected chi connectivity index (χ4v) is 5.08. The number of rotatable bonds is 3. The van der Waals surface area contributed by atoms with Gasteiger partial charge in [0.05, 0.1) is 0 Å². The van der Waals surface area contributed by atoms with Crippen molar-refractivity contribution >= 4 is 11.4 Å². The SMILES string of the molecule is CC1=CC2=CC(C3CC(C)(F)C3)=NC2C(CC2CCCC(C)CC2)=N1. The molecule has 3 unspecified atom stereocenters. The lowest BCUT2D eigenvalue weighted by atomic mass is 9.71. The molecule has 0 N–H and O–H groups in total. The second-order valence-electron chi connectivity index (χ2n) is 9.19. The Bertz CT molecular complexity index is 660. The maximum absolute atomic E-state index is 13.9. The van der Waals surface area contributed by atoms with E-state index in [4.69, 9.17) is 9.98 Å². The normalized spacial score (nSPS) is 41.0. The van der Waals surface area contributed by atoms with Gasteiger partial charge in [0.2, 0.25) is 0 Å². The summed E-state index contributed by atoms with van der Waals surface area (Å²) in [6.45, 7) is 6.19. The van der Waals surface area contributed by atoms with Crippen molar-refractivity contribution < 1.29 is 4.39 Å². The fourth-order valence-electron chi connectivity index (χ4n) is 5.08. The first-order valence-electron chi connectivity index (χ1n) is 10.1. The van der Waals surface area contributed by atoms with Gasteiger partial charge in [-0.3, -0.25) is 9.98 Å². The minimum atomic E-state index is -0.987. The molecule has 0 aromatic carbocycles. The first-order chi connectivity index (χ1) is 11.9. The highest BCUT2D eigenvalue weighted by Gasteiger charge is 2.44. The van der Waals surface area contributed by atoms with Gasteiger partial charge in [-0.2, -0.15) is 0 Å². The molecule has 0 aromatic rings. The smallest absolute Gasteiger partial charge is 0.113 e. The average Bonchev–Trinajstić information content (AvgIpc) is 2.83. The molecule has 2 aliphatic carbocycles. The van der Waals surface area contributed by atoms with Crippen LogP contribution in [0.25, 0.3) is 0 Å². The molecule has 0 radical (unpaired) electrons. The molecule has 0 amide bonds. The molecule has 2 heterocycles. The van der Waals surface area contributed by atoms with Crippen LogP contribution in [0.5, 0.6) is 0 Å². The third-order valence-corrected chi connectivity index (χ3v) is 6.56. The van der Waals surface area contributed by atoms with E-state index in [0.717, 1.165) is 29.7 Å². The summed E-state index contributed by atoms with van der Waals surface area (Å²) >= 11 is 0. The van der Waals surface area contributed by atoms with E-state index in [0.29, 0.717) is 18.8 Å². The molecule has 25 heavy (non-hydrogen) atoms. The lowest BCUT2D eigenvalue weighted by molar-refractivity contribution is 0.0567. The molecule has 2 saturated carbocycles. The van der Waals surface area contributed by atoms with Crippen molar-refractivity contribution in [3.8, 4) is 0 Å². The Balaban J connectivity index is 1.48. The minimum absolute atomic E-state index is 0.117. The van der Waals surface area contributed by atoms with Gasteiger partial charge in [0.25, 0.3) is 0 Å². The number of aliphatic imine (C=N–C) groups is 2. The first-order valence-corrected chi connectivity index (χ1v) is 10.1. The number of nitrogens with zero attached hydrogens (tertiary/aromatic N) is 2. The van der Waals surface area contributed by atoms with Gasteiger partial charge in [0, 0.05) is 23.0 Å². The average molecular weight is 343 g/mol. The number of alkyl halides is 1. The van der Waals surface area contributed by atoms with E-state index in [2.05, 4.69) is 26.0 Å². The second kappa shape index (κ2) is 6.48. The van der Waals surface area contributed by atoms with E-state index in [-0.39, 0.29) is 6.04 Å². The van der Waals surface area contributed by atoms with E-state index in [9.17, 15) is 4.39 Å². The Morgan fingerprint density at radius 3 is 2.72 bits per heavy atom. The van der Waals surface area contributed by atoms with Crippen LogP contribution in [0.4, 0.5) is 4.39 Å². The summed E-state index contributed by atoms with van der Waals surface area (Å²) in [6.07, 6.45) is 13.5. The third-order valence-electron chi connectivity index (χ3n) is 6.56. The molecule has 0 bridgehead atoms. The second-order valence-corrected chi connectivity index (χ2v) is 9.19. The third kappa shape index (κ3) is 3.66. The van der Waals surface area contributed by atoms with Crippen LogP contribution in [0, 0.1) is 17.8 Å². The van der Waals surface area contributed by atoms with Crippen LogP contribution in [0.15, 0.2) is 33.4 Å². The lowest BCUT2D eigenvalue weighted by Gasteiger charge is -2.38. The van der Waals surface area contributed by atoms with Gasteiger partial charge in [-0.1, -0.05) is 32.6 Å². The number of fused-ring (bicyclic) bond motifs is 1. The summed E-state index contributed by atoms with van der Waals surface area (Å²) in [6, 6.07) is 0.117. The van der Waals surface area contributed by atoms with Gasteiger partial charge in [-0.05, 0) is 69.1 Å². The molecule has 2 fully saturated rings. The molecule has 3 heteroatoms. The molecule has 2 aliphatic heterocycles. The summed E-state index contributed by atoms with van der Waals surface area (Å²) < 4.78 is 13.9. The maximum Gasteiger partial charge on any atom is 0.113 e. The van der Waals surface area contributed by atoms with E-state index >= 15 is 0 Å². The molecule has 136 valence electrons. The molecule has 0 aromatic heterocycles. The molecule has 0 saturated heterocycles. The van der Waals surface area contributed by atoms with Gasteiger partial charge in [0.1, 0.15) is 11.7 Å². The molecule has 4 aliphatic rings. The van der Waals surface area contributed by atoms with E-state index in [1.807, 2.05) is 0 Å². The summed E-state index contributed by atoms with van der Waals surface area (Å²) in [4.78, 5) is 9.89. The number of halogens is 1. The standard InChI is InChI=1S/C22H31FN2/c1-14-5-4-6-16(8-7-14)10-20-21-17(9-15(2)24-20)11-19(25-21)18-12-22(3,23)13-18/h9,11,14,16,18,21H,4-8,10,12-13H2,1-3H3. The zero-order valence-corrected chi connectivity index (χ0v) is 15.9. The molecule has 4 rings (SSSR count). The van der Waals surface area contributed by atoms with Crippen LogP contribution < -0.4 is 0 Å². The topological polar surface area (TPSA) is 24.7 Å². The monoisotopic (exact) mass is 342 g/mol. The highest BCUT2D eigenvalue weighted by Crippen LogP contribution is 2.44. The summed E-state index contributed by atoms with van der Waals surface area (Å²) in [5.74, 6) is 1.94. The van der Waals surface area contributed by atoms with Crippen molar-refractivity contribution in [2.45, 2.75) is 83.8 Å². The van der Waals surface area contributed by atoms with Crippen LogP contribution >= 0.6 is 0 Å². The lowest BCUT2D eigenvalue weighted by Crippen LogP contribution is -2.40. The van der Waals surface area contributed by atoms with Crippen LogP contribution in [0.3, 0.4) is 0 Å². The molecular weight excluding hydrogens is 311 g/mol. The summed E-state index contributed by atoms with van der Waals surface area (Å²) in [7, 11) is 0. The highest BCUT2D eigenvalue weighted by atomic mass is 19.1. The zero-order chi connectivity index (χ0) is 17.6. The number of allylic oxidation sites excluding steroid dienone is 2. The molecular formula is C22H31FN2. The van der Waals surface area contributed by atoms with Crippen LogP contribution in [-0.2, 0) is 0 Å². The van der Waals surface area contributed by atoms with Crippen LogP contribution in [0.1, 0.15) is 72.1 Å². The summed E-state index contributed by atoms with van der Waals surface area (Å²) in [5.41, 5.74) is 3.76. The van der Waals surface area contributed by atoms with Crippen molar-refractivity contribution in [2.75, 3.05) is 0 Å². The largest absolute Gasteiger partial charge is 0.275 e. The number of hydrogen-bond donors (Lipinski definition) is 0. The number of hydrogen-bond acceptors (Lipinski definition) is 2. The van der Waals surface area contributed by atoms with Crippen molar-refractivity contribution in [1.82, 2.24) is 0 Å². The van der Waals surface area contributed by atoms with Gasteiger partial charge in [-0.25, -0.2) is 4.39 Å². The minimum Gasteiger partial charge on any atom is -0.275 e. The summed E-state index contributed by atoms with van der Waals surface area (Å²) in [5, 5.41) is 0. The predicted molar refractivity (Wildman–Crippen MR) is 103 cm³/mol. The molecule has 2 nitrogen and oxygen atoms in total. The van der Waals surface area contributed by atoms with Gasteiger partial charge in [0.15, 0.2) is 0 Å². The maximum atomic E-state index is 13.9. The van der Waals surface area contributed by atoms with E-state index in [1.54, 1.807) is 6.92 Å².